The Labute approximate surface area is 172 Å². The Kier molecular flexibility index (Phi) is 5.65. The largest absolute Gasteiger partial charge is 0.296 e. The lowest BCUT2D eigenvalue weighted by Crippen LogP contribution is -2.23. The normalized spacial score (nSPS) is 13.0. The summed E-state index contributed by atoms with van der Waals surface area (Å²) in [6, 6.07) is 6.91. The van der Waals surface area contributed by atoms with Crippen LogP contribution in [0.3, 0.4) is 0 Å². The number of hydrogen-bond donors (Lipinski definition) is 0. The standard InChI is InChI=1S/C22H33N5S/c1-9-26(10-2)14-18-23-24-20-27(18)25-19(28-20)15-11-16(21(3,4)5)13-17(12-15)22(6,7)8/h11-13H,9-10,14H2,1-8H3. The van der Waals surface area contributed by atoms with Crippen LogP contribution in [0, 0.1) is 0 Å². The average Bonchev–Trinajstić information content (AvgIpc) is 3.19. The molecule has 5 nitrogen and oxygen atoms in total. The molecule has 0 amide bonds. The summed E-state index contributed by atoms with van der Waals surface area (Å²) in [5, 5.41) is 14.6. The number of aromatic nitrogens is 4. The van der Waals surface area contributed by atoms with Crippen LogP contribution in [0.1, 0.15) is 72.3 Å². The van der Waals surface area contributed by atoms with Crippen LogP contribution in [-0.4, -0.2) is 37.8 Å². The van der Waals surface area contributed by atoms with Crippen LogP contribution in [0.4, 0.5) is 0 Å². The molecule has 0 saturated heterocycles. The zero-order chi connectivity index (χ0) is 20.7. The Balaban J connectivity index is 2.08. The van der Waals surface area contributed by atoms with E-state index in [9.17, 15) is 0 Å². The summed E-state index contributed by atoms with van der Waals surface area (Å²) in [7, 11) is 0. The zero-order valence-electron chi connectivity index (χ0n) is 18.5. The first kappa shape index (κ1) is 20.9. The third-order valence-corrected chi connectivity index (χ3v) is 6.17. The quantitative estimate of drug-likeness (QED) is 0.585. The van der Waals surface area contributed by atoms with Crippen molar-refractivity contribution >= 4 is 16.3 Å². The fourth-order valence-corrected chi connectivity index (χ4v) is 3.98. The second-order valence-electron chi connectivity index (χ2n) is 9.48. The van der Waals surface area contributed by atoms with E-state index in [2.05, 4.69) is 88.7 Å². The number of nitrogens with zero attached hydrogens (tertiary/aromatic N) is 5. The highest BCUT2D eigenvalue weighted by atomic mass is 32.1. The van der Waals surface area contributed by atoms with E-state index >= 15 is 0 Å². The third-order valence-electron chi connectivity index (χ3n) is 5.23. The fraction of sp³-hybridized carbons (Fsp3) is 0.591. The van der Waals surface area contributed by atoms with Crippen molar-refractivity contribution in [2.24, 2.45) is 0 Å². The second-order valence-corrected chi connectivity index (χ2v) is 10.4. The van der Waals surface area contributed by atoms with Crippen LogP contribution in [0.2, 0.25) is 0 Å². The molecule has 0 unspecified atom stereocenters. The van der Waals surface area contributed by atoms with Crippen molar-refractivity contribution in [1.82, 2.24) is 24.7 Å². The first-order chi connectivity index (χ1) is 13.0. The molecule has 0 aliphatic carbocycles. The van der Waals surface area contributed by atoms with Gasteiger partial charge in [-0.05, 0) is 47.2 Å². The molecule has 28 heavy (non-hydrogen) atoms. The van der Waals surface area contributed by atoms with E-state index in [-0.39, 0.29) is 10.8 Å². The van der Waals surface area contributed by atoms with E-state index in [1.807, 2.05) is 4.52 Å². The van der Waals surface area contributed by atoms with Crippen LogP contribution in [0.5, 0.6) is 0 Å². The SMILES string of the molecule is CCN(CC)Cc1nnc2sc(-c3cc(C(C)(C)C)cc(C(C)(C)C)c3)nn12. The number of rotatable bonds is 5. The highest BCUT2D eigenvalue weighted by Gasteiger charge is 2.22. The number of benzene rings is 1. The molecule has 0 aliphatic heterocycles. The van der Waals surface area contributed by atoms with Crippen molar-refractivity contribution in [2.75, 3.05) is 13.1 Å². The fourth-order valence-electron chi connectivity index (χ4n) is 3.14. The van der Waals surface area contributed by atoms with Crippen molar-refractivity contribution in [3.8, 4) is 10.6 Å². The van der Waals surface area contributed by atoms with Crippen LogP contribution in [-0.2, 0) is 17.4 Å². The molecule has 152 valence electrons. The van der Waals surface area contributed by atoms with Crippen LogP contribution >= 0.6 is 11.3 Å². The molecule has 2 heterocycles. The van der Waals surface area contributed by atoms with Gasteiger partial charge in [0.25, 0.3) is 0 Å². The third kappa shape index (κ3) is 4.28. The van der Waals surface area contributed by atoms with E-state index in [1.54, 1.807) is 11.3 Å². The molecule has 0 atom stereocenters. The topological polar surface area (TPSA) is 46.3 Å². The minimum atomic E-state index is 0.0862. The Morgan fingerprint density at radius 3 is 1.96 bits per heavy atom. The summed E-state index contributed by atoms with van der Waals surface area (Å²) in [4.78, 5) is 3.18. The minimum Gasteiger partial charge on any atom is -0.296 e. The Bertz CT molecular complexity index is 919. The summed E-state index contributed by atoms with van der Waals surface area (Å²) in [6.07, 6.45) is 0. The molecular formula is C22H33N5S. The molecule has 0 spiro atoms. The van der Waals surface area contributed by atoms with E-state index < -0.39 is 0 Å². The maximum Gasteiger partial charge on any atom is 0.235 e. The van der Waals surface area contributed by atoms with Gasteiger partial charge in [0.1, 0.15) is 5.01 Å². The monoisotopic (exact) mass is 399 g/mol. The number of fused-ring (bicyclic) bond motifs is 1. The maximum absolute atomic E-state index is 4.89. The first-order valence-electron chi connectivity index (χ1n) is 10.1. The van der Waals surface area contributed by atoms with Gasteiger partial charge in [-0.15, -0.1) is 10.2 Å². The second kappa shape index (κ2) is 7.56. The molecule has 0 bridgehead atoms. The molecule has 3 rings (SSSR count). The highest BCUT2D eigenvalue weighted by Crippen LogP contribution is 2.35. The zero-order valence-corrected chi connectivity index (χ0v) is 19.3. The van der Waals surface area contributed by atoms with E-state index in [1.165, 1.54) is 16.7 Å². The Hall–Kier alpha value is -1.79. The van der Waals surface area contributed by atoms with Crippen LogP contribution in [0.15, 0.2) is 18.2 Å². The molecule has 0 saturated carbocycles. The summed E-state index contributed by atoms with van der Waals surface area (Å²) < 4.78 is 1.92. The summed E-state index contributed by atoms with van der Waals surface area (Å²) >= 11 is 1.61. The Morgan fingerprint density at radius 1 is 0.893 bits per heavy atom. The van der Waals surface area contributed by atoms with Gasteiger partial charge in [-0.2, -0.15) is 9.61 Å². The predicted molar refractivity (Wildman–Crippen MR) is 118 cm³/mol. The van der Waals surface area contributed by atoms with Crippen LogP contribution in [0.25, 0.3) is 15.5 Å². The van der Waals surface area contributed by atoms with Gasteiger partial charge in [0, 0.05) is 5.56 Å². The lowest BCUT2D eigenvalue weighted by atomic mass is 9.79. The average molecular weight is 400 g/mol. The number of hydrogen-bond acceptors (Lipinski definition) is 5. The lowest BCUT2D eigenvalue weighted by Gasteiger charge is -2.25. The molecule has 2 aromatic heterocycles. The highest BCUT2D eigenvalue weighted by molar-refractivity contribution is 7.19. The van der Waals surface area contributed by atoms with Gasteiger partial charge >= 0.3 is 0 Å². The molecule has 0 aliphatic rings. The van der Waals surface area contributed by atoms with E-state index in [0.717, 1.165) is 35.4 Å². The van der Waals surface area contributed by atoms with E-state index in [4.69, 9.17) is 5.10 Å². The van der Waals surface area contributed by atoms with E-state index in [0.29, 0.717) is 0 Å². The van der Waals surface area contributed by atoms with Crippen molar-refractivity contribution in [3.63, 3.8) is 0 Å². The van der Waals surface area contributed by atoms with Gasteiger partial charge in [0.15, 0.2) is 5.82 Å². The lowest BCUT2D eigenvalue weighted by molar-refractivity contribution is 0.286. The maximum atomic E-state index is 4.89. The summed E-state index contributed by atoms with van der Waals surface area (Å²) in [5.74, 6) is 0.907. The molecule has 3 aromatic rings. The summed E-state index contributed by atoms with van der Waals surface area (Å²) in [5.41, 5.74) is 4.02. The van der Waals surface area contributed by atoms with Gasteiger partial charge in [-0.25, -0.2) is 0 Å². The van der Waals surface area contributed by atoms with Crippen molar-refractivity contribution in [1.29, 1.82) is 0 Å². The molecular weight excluding hydrogens is 366 g/mol. The first-order valence-corrected chi connectivity index (χ1v) is 10.9. The van der Waals surface area contributed by atoms with Crippen molar-refractivity contribution < 1.29 is 0 Å². The molecule has 1 aromatic carbocycles. The van der Waals surface area contributed by atoms with Crippen molar-refractivity contribution in [3.05, 3.63) is 35.2 Å². The molecule has 0 fully saturated rings. The van der Waals surface area contributed by atoms with Gasteiger partial charge in [-0.1, -0.05) is 72.8 Å². The minimum absolute atomic E-state index is 0.0862. The van der Waals surface area contributed by atoms with Gasteiger partial charge < -0.3 is 0 Å². The van der Waals surface area contributed by atoms with Crippen molar-refractivity contribution in [2.45, 2.75) is 72.8 Å². The summed E-state index contributed by atoms with van der Waals surface area (Å²) in [6.45, 7) is 20.7. The van der Waals surface area contributed by atoms with Gasteiger partial charge in [0.05, 0.1) is 6.54 Å². The van der Waals surface area contributed by atoms with Gasteiger partial charge in [-0.3, -0.25) is 4.90 Å². The molecule has 6 heteroatoms. The van der Waals surface area contributed by atoms with Crippen LogP contribution < -0.4 is 0 Å². The molecule has 0 N–H and O–H groups in total. The smallest absolute Gasteiger partial charge is 0.235 e. The Morgan fingerprint density at radius 2 is 1.46 bits per heavy atom. The molecule has 0 radical (unpaired) electrons. The predicted octanol–water partition coefficient (Wildman–Crippen LogP) is 5.29. The van der Waals surface area contributed by atoms with Gasteiger partial charge in [0.2, 0.25) is 4.96 Å².